The van der Waals surface area contributed by atoms with Crippen molar-refractivity contribution in [3.05, 3.63) is 12.2 Å². The predicted molar refractivity (Wildman–Crippen MR) is 58.1 cm³/mol. The van der Waals surface area contributed by atoms with E-state index in [1.807, 2.05) is 26.8 Å². The molecule has 0 saturated carbocycles. The first-order valence-electron chi connectivity index (χ1n) is 5.05. The molecule has 0 aliphatic carbocycles. The smallest absolute Gasteiger partial charge is 0.309 e. The maximum Gasteiger partial charge on any atom is 0.309 e. The molecule has 0 aliphatic heterocycles. The SMILES string of the molecule is C/C=C/CCNC(C)C(C)C(=O)OC. The van der Waals surface area contributed by atoms with Crippen molar-refractivity contribution >= 4 is 5.97 Å². The third-order valence-electron chi connectivity index (χ3n) is 2.34. The second kappa shape index (κ2) is 7.56. The Bertz CT molecular complexity index is 190. The quantitative estimate of drug-likeness (QED) is 0.402. The van der Waals surface area contributed by atoms with Crippen molar-refractivity contribution in [2.45, 2.75) is 33.2 Å². The highest BCUT2D eigenvalue weighted by Gasteiger charge is 2.19. The van der Waals surface area contributed by atoms with E-state index in [2.05, 4.69) is 16.1 Å². The average molecular weight is 199 g/mol. The lowest BCUT2D eigenvalue weighted by Gasteiger charge is -2.18. The Morgan fingerprint density at radius 3 is 2.64 bits per heavy atom. The van der Waals surface area contributed by atoms with Crippen LogP contribution in [0.25, 0.3) is 0 Å². The number of hydrogen-bond donors (Lipinski definition) is 1. The first-order chi connectivity index (χ1) is 6.63. The van der Waals surface area contributed by atoms with Gasteiger partial charge in [0.1, 0.15) is 0 Å². The van der Waals surface area contributed by atoms with E-state index in [1.54, 1.807) is 0 Å². The van der Waals surface area contributed by atoms with E-state index < -0.39 is 0 Å². The molecule has 0 aromatic carbocycles. The number of hydrogen-bond acceptors (Lipinski definition) is 3. The molecule has 0 fully saturated rings. The number of nitrogens with one attached hydrogen (secondary N) is 1. The molecule has 3 nitrogen and oxygen atoms in total. The van der Waals surface area contributed by atoms with Gasteiger partial charge in [0.05, 0.1) is 13.0 Å². The van der Waals surface area contributed by atoms with Gasteiger partial charge in [0.2, 0.25) is 0 Å². The van der Waals surface area contributed by atoms with Crippen LogP contribution in [0.2, 0.25) is 0 Å². The number of allylic oxidation sites excluding steroid dienone is 1. The molecule has 0 saturated heterocycles. The summed E-state index contributed by atoms with van der Waals surface area (Å²) >= 11 is 0. The summed E-state index contributed by atoms with van der Waals surface area (Å²) in [5.41, 5.74) is 0. The Morgan fingerprint density at radius 1 is 1.50 bits per heavy atom. The zero-order valence-corrected chi connectivity index (χ0v) is 9.54. The molecular weight excluding hydrogens is 178 g/mol. The minimum Gasteiger partial charge on any atom is -0.469 e. The summed E-state index contributed by atoms with van der Waals surface area (Å²) in [6.45, 7) is 6.77. The molecule has 0 aromatic heterocycles. The van der Waals surface area contributed by atoms with E-state index in [1.165, 1.54) is 7.11 Å². The Labute approximate surface area is 86.5 Å². The standard InChI is InChI=1S/C11H21NO2/c1-5-6-7-8-12-10(3)9(2)11(13)14-4/h5-6,9-10,12H,7-8H2,1-4H3/b6-5+. The van der Waals surface area contributed by atoms with E-state index in [0.29, 0.717) is 0 Å². The first-order valence-corrected chi connectivity index (χ1v) is 5.05. The zero-order valence-electron chi connectivity index (χ0n) is 9.54. The number of carbonyl (C=O) groups is 1. The molecule has 1 N–H and O–H groups in total. The highest BCUT2D eigenvalue weighted by molar-refractivity contribution is 5.72. The number of methoxy groups -OCH3 is 1. The van der Waals surface area contributed by atoms with Gasteiger partial charge in [0, 0.05) is 6.04 Å². The van der Waals surface area contributed by atoms with Crippen LogP contribution >= 0.6 is 0 Å². The van der Waals surface area contributed by atoms with Crippen LogP contribution in [0, 0.1) is 5.92 Å². The summed E-state index contributed by atoms with van der Waals surface area (Å²) in [4.78, 5) is 11.2. The Hall–Kier alpha value is -0.830. The minimum absolute atomic E-state index is 0.0920. The highest BCUT2D eigenvalue weighted by Crippen LogP contribution is 2.04. The number of carbonyl (C=O) groups excluding carboxylic acids is 1. The van der Waals surface area contributed by atoms with Crippen LogP contribution < -0.4 is 5.32 Å². The van der Waals surface area contributed by atoms with Gasteiger partial charge in [0.25, 0.3) is 0 Å². The van der Waals surface area contributed by atoms with Gasteiger partial charge in [-0.15, -0.1) is 0 Å². The van der Waals surface area contributed by atoms with Crippen molar-refractivity contribution in [1.29, 1.82) is 0 Å². The molecule has 0 bridgehead atoms. The lowest BCUT2D eigenvalue weighted by Crippen LogP contribution is -2.37. The first kappa shape index (κ1) is 13.2. The van der Waals surface area contributed by atoms with Crippen LogP contribution in [0.5, 0.6) is 0 Å². The topological polar surface area (TPSA) is 38.3 Å². The molecule has 3 heteroatoms. The van der Waals surface area contributed by atoms with Crippen LogP contribution in [0.4, 0.5) is 0 Å². The van der Waals surface area contributed by atoms with Gasteiger partial charge in [-0.25, -0.2) is 0 Å². The Morgan fingerprint density at radius 2 is 2.14 bits per heavy atom. The minimum atomic E-state index is -0.156. The molecule has 2 unspecified atom stereocenters. The fourth-order valence-electron chi connectivity index (χ4n) is 1.13. The fraction of sp³-hybridized carbons (Fsp3) is 0.727. The lowest BCUT2D eigenvalue weighted by atomic mass is 10.0. The molecule has 0 heterocycles. The molecule has 0 amide bonds. The van der Waals surface area contributed by atoms with Crippen LogP contribution in [-0.4, -0.2) is 25.7 Å². The van der Waals surface area contributed by atoms with Gasteiger partial charge in [0.15, 0.2) is 0 Å². The molecule has 0 aliphatic rings. The highest BCUT2D eigenvalue weighted by atomic mass is 16.5. The van der Waals surface area contributed by atoms with Crippen LogP contribution in [-0.2, 0) is 9.53 Å². The monoisotopic (exact) mass is 199 g/mol. The third kappa shape index (κ3) is 5.02. The molecule has 82 valence electrons. The number of ether oxygens (including phenoxy) is 1. The van der Waals surface area contributed by atoms with Gasteiger partial charge < -0.3 is 10.1 Å². The van der Waals surface area contributed by atoms with Crippen molar-refractivity contribution in [1.82, 2.24) is 5.32 Å². The van der Waals surface area contributed by atoms with Gasteiger partial charge in [-0.2, -0.15) is 0 Å². The molecule has 0 rings (SSSR count). The normalized spacial score (nSPS) is 15.4. The van der Waals surface area contributed by atoms with Crippen molar-refractivity contribution in [3.63, 3.8) is 0 Å². The van der Waals surface area contributed by atoms with Crippen molar-refractivity contribution < 1.29 is 9.53 Å². The van der Waals surface area contributed by atoms with Crippen LogP contribution in [0.1, 0.15) is 27.2 Å². The van der Waals surface area contributed by atoms with Gasteiger partial charge in [-0.3, -0.25) is 4.79 Å². The fourth-order valence-corrected chi connectivity index (χ4v) is 1.13. The average Bonchev–Trinajstić information content (AvgIpc) is 2.21. The van der Waals surface area contributed by atoms with Crippen LogP contribution in [0.15, 0.2) is 12.2 Å². The Kier molecular flexibility index (Phi) is 7.11. The van der Waals surface area contributed by atoms with Crippen LogP contribution in [0.3, 0.4) is 0 Å². The summed E-state index contributed by atoms with van der Waals surface area (Å²) in [5.74, 6) is -0.248. The lowest BCUT2D eigenvalue weighted by molar-refractivity contribution is -0.145. The third-order valence-corrected chi connectivity index (χ3v) is 2.34. The van der Waals surface area contributed by atoms with E-state index in [4.69, 9.17) is 0 Å². The van der Waals surface area contributed by atoms with Crippen molar-refractivity contribution in [2.24, 2.45) is 5.92 Å². The van der Waals surface area contributed by atoms with E-state index >= 15 is 0 Å². The van der Waals surface area contributed by atoms with Crippen molar-refractivity contribution in [2.75, 3.05) is 13.7 Å². The molecule has 0 spiro atoms. The summed E-state index contributed by atoms with van der Waals surface area (Å²) in [6.07, 6.45) is 5.12. The van der Waals surface area contributed by atoms with Gasteiger partial charge in [-0.1, -0.05) is 19.1 Å². The maximum absolute atomic E-state index is 11.2. The van der Waals surface area contributed by atoms with E-state index in [-0.39, 0.29) is 17.9 Å². The number of rotatable bonds is 6. The summed E-state index contributed by atoms with van der Waals surface area (Å²) in [6, 6.07) is 0.160. The Balaban J connectivity index is 3.72. The van der Waals surface area contributed by atoms with E-state index in [9.17, 15) is 4.79 Å². The predicted octanol–water partition coefficient (Wildman–Crippen LogP) is 1.74. The summed E-state index contributed by atoms with van der Waals surface area (Å²) in [7, 11) is 1.42. The molecule has 14 heavy (non-hydrogen) atoms. The molecule has 2 atom stereocenters. The van der Waals surface area contributed by atoms with Gasteiger partial charge >= 0.3 is 5.97 Å². The second-order valence-corrected chi connectivity index (χ2v) is 3.41. The van der Waals surface area contributed by atoms with E-state index in [0.717, 1.165) is 13.0 Å². The molecule has 0 radical (unpaired) electrons. The second-order valence-electron chi connectivity index (χ2n) is 3.41. The van der Waals surface area contributed by atoms with Gasteiger partial charge in [-0.05, 0) is 26.8 Å². The molecular formula is C11H21NO2. The van der Waals surface area contributed by atoms with Crippen molar-refractivity contribution in [3.8, 4) is 0 Å². The maximum atomic E-state index is 11.2. The summed E-state index contributed by atoms with van der Waals surface area (Å²) in [5, 5.41) is 3.28. The summed E-state index contributed by atoms with van der Waals surface area (Å²) < 4.78 is 4.67. The molecule has 0 aromatic rings. The number of esters is 1. The largest absolute Gasteiger partial charge is 0.469 e. The zero-order chi connectivity index (χ0) is 11.0.